The lowest BCUT2D eigenvalue weighted by Crippen LogP contribution is -2.53. The van der Waals surface area contributed by atoms with Crippen LogP contribution in [0.5, 0.6) is 0 Å². The van der Waals surface area contributed by atoms with E-state index in [-0.39, 0.29) is 6.04 Å². The molecule has 1 aliphatic heterocycles. The van der Waals surface area contributed by atoms with Crippen LogP contribution in [0.15, 0.2) is 30.3 Å². The van der Waals surface area contributed by atoms with E-state index >= 15 is 0 Å². The van der Waals surface area contributed by atoms with Gasteiger partial charge in [-0.25, -0.2) is 0 Å². The third-order valence-corrected chi connectivity index (χ3v) is 3.62. The second-order valence-electron chi connectivity index (χ2n) is 4.78. The SMILES string of the molecule is CCC1C(O)C(O)CCN1Cc1ccccc1. The molecule has 0 radical (unpaired) electrons. The summed E-state index contributed by atoms with van der Waals surface area (Å²) in [6.07, 6.45) is 0.347. The van der Waals surface area contributed by atoms with Gasteiger partial charge in [-0.3, -0.25) is 4.90 Å². The third kappa shape index (κ3) is 2.86. The van der Waals surface area contributed by atoms with Crippen molar-refractivity contribution < 1.29 is 10.2 Å². The Balaban J connectivity index is 2.05. The van der Waals surface area contributed by atoms with E-state index in [1.807, 2.05) is 18.2 Å². The number of nitrogens with zero attached hydrogens (tertiary/aromatic N) is 1. The van der Waals surface area contributed by atoms with Gasteiger partial charge in [-0.05, 0) is 18.4 Å². The molecular formula is C14H21NO2. The number of aliphatic hydroxyl groups excluding tert-OH is 2. The highest BCUT2D eigenvalue weighted by Crippen LogP contribution is 2.22. The highest BCUT2D eigenvalue weighted by atomic mass is 16.3. The second kappa shape index (κ2) is 5.63. The van der Waals surface area contributed by atoms with E-state index in [2.05, 4.69) is 24.0 Å². The molecule has 1 fully saturated rings. The largest absolute Gasteiger partial charge is 0.390 e. The summed E-state index contributed by atoms with van der Waals surface area (Å²) in [7, 11) is 0. The number of piperidine rings is 1. The van der Waals surface area contributed by atoms with Crippen molar-refractivity contribution in [3.05, 3.63) is 35.9 Å². The van der Waals surface area contributed by atoms with Crippen LogP contribution in [0.25, 0.3) is 0 Å². The first kappa shape index (κ1) is 12.6. The molecule has 1 heterocycles. The van der Waals surface area contributed by atoms with Crippen LogP contribution < -0.4 is 0 Å². The van der Waals surface area contributed by atoms with E-state index in [1.54, 1.807) is 0 Å². The van der Waals surface area contributed by atoms with Gasteiger partial charge >= 0.3 is 0 Å². The van der Waals surface area contributed by atoms with Crippen molar-refractivity contribution in [2.75, 3.05) is 6.54 Å². The number of aliphatic hydroxyl groups is 2. The predicted molar refractivity (Wildman–Crippen MR) is 67.6 cm³/mol. The lowest BCUT2D eigenvalue weighted by Gasteiger charge is -2.41. The van der Waals surface area contributed by atoms with Crippen molar-refractivity contribution in [1.29, 1.82) is 0 Å². The van der Waals surface area contributed by atoms with Gasteiger partial charge in [0.25, 0.3) is 0 Å². The van der Waals surface area contributed by atoms with Crippen molar-refractivity contribution in [3.63, 3.8) is 0 Å². The number of benzene rings is 1. The average molecular weight is 235 g/mol. The first-order valence-corrected chi connectivity index (χ1v) is 6.36. The number of hydrogen-bond donors (Lipinski definition) is 2. The van der Waals surface area contributed by atoms with Crippen molar-refractivity contribution in [3.8, 4) is 0 Å². The van der Waals surface area contributed by atoms with Crippen LogP contribution in [-0.4, -0.2) is 39.9 Å². The molecule has 17 heavy (non-hydrogen) atoms. The molecule has 1 saturated heterocycles. The quantitative estimate of drug-likeness (QED) is 0.832. The minimum atomic E-state index is -0.613. The van der Waals surface area contributed by atoms with Gasteiger partial charge in [0.1, 0.15) is 0 Å². The Labute approximate surface area is 103 Å². The lowest BCUT2D eigenvalue weighted by atomic mass is 9.93. The molecule has 94 valence electrons. The minimum Gasteiger partial charge on any atom is -0.390 e. The van der Waals surface area contributed by atoms with E-state index < -0.39 is 12.2 Å². The number of hydrogen-bond acceptors (Lipinski definition) is 3. The molecule has 3 atom stereocenters. The van der Waals surface area contributed by atoms with Crippen molar-refractivity contribution in [2.24, 2.45) is 0 Å². The molecule has 1 aromatic carbocycles. The molecule has 0 aromatic heterocycles. The van der Waals surface area contributed by atoms with Gasteiger partial charge in [0.2, 0.25) is 0 Å². The van der Waals surface area contributed by atoms with Crippen LogP contribution in [0.4, 0.5) is 0 Å². The molecule has 2 N–H and O–H groups in total. The minimum absolute atomic E-state index is 0.0685. The van der Waals surface area contributed by atoms with E-state index in [4.69, 9.17) is 0 Å². The molecule has 0 aliphatic carbocycles. The zero-order chi connectivity index (χ0) is 12.3. The normalized spacial score (nSPS) is 30.4. The third-order valence-electron chi connectivity index (χ3n) is 3.62. The summed E-state index contributed by atoms with van der Waals surface area (Å²) < 4.78 is 0. The first-order chi connectivity index (χ1) is 8.22. The smallest absolute Gasteiger partial charge is 0.0954 e. The van der Waals surface area contributed by atoms with Gasteiger partial charge in [-0.2, -0.15) is 0 Å². The fourth-order valence-electron chi connectivity index (χ4n) is 2.62. The summed E-state index contributed by atoms with van der Waals surface area (Å²) in [4.78, 5) is 2.27. The molecule has 0 amide bonds. The van der Waals surface area contributed by atoms with E-state index in [0.717, 1.165) is 19.5 Å². The zero-order valence-electron chi connectivity index (χ0n) is 10.3. The highest BCUT2D eigenvalue weighted by molar-refractivity contribution is 5.15. The monoisotopic (exact) mass is 235 g/mol. The van der Waals surface area contributed by atoms with Crippen LogP contribution in [0.2, 0.25) is 0 Å². The Hall–Kier alpha value is -0.900. The topological polar surface area (TPSA) is 43.7 Å². The Kier molecular flexibility index (Phi) is 4.15. The fourth-order valence-corrected chi connectivity index (χ4v) is 2.62. The maximum absolute atomic E-state index is 9.99. The van der Waals surface area contributed by atoms with E-state index in [0.29, 0.717) is 6.42 Å². The van der Waals surface area contributed by atoms with Gasteiger partial charge in [0.05, 0.1) is 12.2 Å². The summed E-state index contributed by atoms with van der Waals surface area (Å²) in [6, 6.07) is 10.3. The molecule has 1 aromatic rings. The molecule has 0 bridgehead atoms. The maximum Gasteiger partial charge on any atom is 0.0954 e. The Morgan fingerprint density at radius 3 is 2.59 bits per heavy atom. The first-order valence-electron chi connectivity index (χ1n) is 6.36. The summed E-state index contributed by atoms with van der Waals surface area (Å²) in [6.45, 7) is 3.76. The van der Waals surface area contributed by atoms with Gasteiger partial charge in [0.15, 0.2) is 0 Å². The molecular weight excluding hydrogens is 214 g/mol. The second-order valence-corrected chi connectivity index (χ2v) is 4.78. The summed E-state index contributed by atoms with van der Waals surface area (Å²) in [5.41, 5.74) is 1.26. The van der Waals surface area contributed by atoms with Crippen molar-refractivity contribution in [1.82, 2.24) is 4.90 Å². The Morgan fingerprint density at radius 2 is 1.94 bits per heavy atom. The standard InChI is InChI=1S/C14H21NO2/c1-2-12-14(17)13(16)8-9-15(12)10-11-6-4-3-5-7-11/h3-7,12-14,16-17H,2,8-10H2,1H3. The molecule has 2 rings (SSSR count). The van der Waals surface area contributed by atoms with E-state index in [1.165, 1.54) is 5.56 Å². The summed E-state index contributed by atoms with van der Waals surface area (Å²) >= 11 is 0. The van der Waals surface area contributed by atoms with E-state index in [9.17, 15) is 10.2 Å². The van der Waals surface area contributed by atoms with Crippen LogP contribution >= 0.6 is 0 Å². The predicted octanol–water partition coefficient (Wildman–Crippen LogP) is 1.39. The maximum atomic E-state index is 9.99. The average Bonchev–Trinajstić information content (AvgIpc) is 2.36. The summed E-state index contributed by atoms with van der Waals surface area (Å²) in [5.74, 6) is 0. The molecule has 3 heteroatoms. The highest BCUT2D eigenvalue weighted by Gasteiger charge is 2.34. The van der Waals surface area contributed by atoms with Gasteiger partial charge in [0, 0.05) is 19.1 Å². The van der Waals surface area contributed by atoms with Crippen LogP contribution in [0.3, 0.4) is 0 Å². The van der Waals surface area contributed by atoms with Crippen molar-refractivity contribution in [2.45, 2.75) is 44.6 Å². The van der Waals surface area contributed by atoms with Crippen molar-refractivity contribution >= 4 is 0 Å². The molecule has 3 unspecified atom stereocenters. The molecule has 0 saturated carbocycles. The molecule has 3 nitrogen and oxygen atoms in total. The van der Waals surface area contributed by atoms with Gasteiger partial charge in [-0.1, -0.05) is 37.3 Å². The summed E-state index contributed by atoms with van der Waals surface area (Å²) in [5, 5.41) is 19.7. The molecule has 0 spiro atoms. The Morgan fingerprint density at radius 1 is 1.24 bits per heavy atom. The lowest BCUT2D eigenvalue weighted by molar-refractivity contribution is -0.0795. The van der Waals surface area contributed by atoms with Crippen LogP contribution in [0, 0.1) is 0 Å². The van der Waals surface area contributed by atoms with Crippen LogP contribution in [0.1, 0.15) is 25.3 Å². The molecule has 1 aliphatic rings. The zero-order valence-corrected chi connectivity index (χ0v) is 10.3. The number of likely N-dealkylation sites (tertiary alicyclic amines) is 1. The van der Waals surface area contributed by atoms with Crippen LogP contribution in [-0.2, 0) is 6.54 Å². The Bertz CT molecular complexity index is 341. The van der Waals surface area contributed by atoms with Gasteiger partial charge < -0.3 is 10.2 Å². The fraction of sp³-hybridized carbons (Fsp3) is 0.571. The number of rotatable bonds is 3. The van der Waals surface area contributed by atoms with Gasteiger partial charge in [-0.15, -0.1) is 0 Å².